The molecule has 1 heterocycles. The third-order valence-electron chi connectivity index (χ3n) is 2.57. The molecule has 2 rings (SSSR count). The first-order valence-electron chi connectivity index (χ1n) is 5.37. The summed E-state index contributed by atoms with van der Waals surface area (Å²) < 4.78 is 25.8. The number of hydrogen-bond acceptors (Lipinski definition) is 2. The van der Waals surface area contributed by atoms with E-state index >= 15 is 0 Å². The van der Waals surface area contributed by atoms with Gasteiger partial charge in [0.2, 0.25) is 0 Å². The van der Waals surface area contributed by atoms with E-state index in [2.05, 4.69) is 4.98 Å². The number of aromatic nitrogens is 1. The Labute approximate surface area is 108 Å². The highest BCUT2D eigenvalue weighted by molar-refractivity contribution is 6.30. The zero-order valence-corrected chi connectivity index (χ0v) is 10.2. The van der Waals surface area contributed by atoms with Gasteiger partial charge in [-0.1, -0.05) is 17.7 Å². The van der Waals surface area contributed by atoms with E-state index in [0.717, 1.165) is 12.1 Å². The maximum Gasteiger partial charge on any atom is 0.159 e. The predicted molar refractivity (Wildman–Crippen MR) is 66.2 cm³/mol. The van der Waals surface area contributed by atoms with E-state index in [1.807, 2.05) is 0 Å². The molecule has 5 heteroatoms. The van der Waals surface area contributed by atoms with Gasteiger partial charge in [-0.05, 0) is 36.2 Å². The molecular formula is C13H11ClF2N2. The molecule has 1 aromatic carbocycles. The molecule has 1 unspecified atom stereocenters. The largest absolute Gasteiger partial charge is 0.322 e. The van der Waals surface area contributed by atoms with Crippen LogP contribution in [0.1, 0.15) is 17.3 Å². The van der Waals surface area contributed by atoms with Crippen molar-refractivity contribution in [3.63, 3.8) is 0 Å². The number of rotatable bonds is 3. The SMILES string of the molecule is NC(Cc1ccc(F)c(F)c1)c1ccc(Cl)cn1. The molecule has 0 aliphatic carbocycles. The summed E-state index contributed by atoms with van der Waals surface area (Å²) in [6.45, 7) is 0. The lowest BCUT2D eigenvalue weighted by Gasteiger charge is -2.11. The van der Waals surface area contributed by atoms with Gasteiger partial charge in [0.05, 0.1) is 16.8 Å². The molecule has 0 aliphatic heterocycles. The van der Waals surface area contributed by atoms with E-state index < -0.39 is 11.6 Å². The molecule has 2 aromatic rings. The number of pyridine rings is 1. The van der Waals surface area contributed by atoms with Crippen molar-refractivity contribution in [1.82, 2.24) is 4.98 Å². The Morgan fingerprint density at radius 3 is 2.56 bits per heavy atom. The van der Waals surface area contributed by atoms with Crippen molar-refractivity contribution < 1.29 is 8.78 Å². The number of nitrogens with zero attached hydrogens (tertiary/aromatic N) is 1. The maximum atomic E-state index is 13.0. The summed E-state index contributed by atoms with van der Waals surface area (Å²) in [4.78, 5) is 4.09. The van der Waals surface area contributed by atoms with Crippen LogP contribution in [0, 0.1) is 11.6 Å². The monoisotopic (exact) mass is 268 g/mol. The zero-order valence-electron chi connectivity index (χ0n) is 9.41. The highest BCUT2D eigenvalue weighted by atomic mass is 35.5. The molecule has 0 fully saturated rings. The fourth-order valence-electron chi connectivity index (χ4n) is 1.63. The van der Waals surface area contributed by atoms with E-state index in [0.29, 0.717) is 22.7 Å². The van der Waals surface area contributed by atoms with Crippen LogP contribution in [-0.2, 0) is 6.42 Å². The summed E-state index contributed by atoms with van der Waals surface area (Å²) in [5.41, 5.74) is 7.22. The van der Waals surface area contributed by atoms with Crippen LogP contribution in [0.4, 0.5) is 8.78 Å². The number of benzene rings is 1. The summed E-state index contributed by atoms with van der Waals surface area (Å²) in [6, 6.07) is 6.76. The predicted octanol–water partition coefficient (Wildman–Crippen LogP) is 3.26. The van der Waals surface area contributed by atoms with Crippen LogP contribution in [0.5, 0.6) is 0 Å². The zero-order chi connectivity index (χ0) is 13.1. The molecule has 2 N–H and O–H groups in total. The number of halogens is 3. The van der Waals surface area contributed by atoms with E-state index in [-0.39, 0.29) is 6.04 Å². The minimum absolute atomic E-state index is 0.381. The van der Waals surface area contributed by atoms with Crippen LogP contribution < -0.4 is 5.73 Å². The third-order valence-corrected chi connectivity index (χ3v) is 2.79. The first-order valence-corrected chi connectivity index (χ1v) is 5.75. The van der Waals surface area contributed by atoms with Crippen molar-refractivity contribution in [2.45, 2.75) is 12.5 Å². The molecule has 0 spiro atoms. The summed E-state index contributed by atoms with van der Waals surface area (Å²) in [6.07, 6.45) is 1.88. The molecule has 2 nitrogen and oxygen atoms in total. The second kappa shape index (κ2) is 5.42. The number of hydrogen-bond donors (Lipinski definition) is 1. The van der Waals surface area contributed by atoms with Crippen molar-refractivity contribution in [3.05, 3.63) is 64.4 Å². The van der Waals surface area contributed by atoms with Gasteiger partial charge >= 0.3 is 0 Å². The highest BCUT2D eigenvalue weighted by Crippen LogP contribution is 2.17. The Bertz CT molecular complexity index is 543. The van der Waals surface area contributed by atoms with Crippen molar-refractivity contribution in [1.29, 1.82) is 0 Å². The van der Waals surface area contributed by atoms with Crippen molar-refractivity contribution in [2.24, 2.45) is 5.73 Å². The average Bonchev–Trinajstić information content (AvgIpc) is 2.34. The summed E-state index contributed by atoms with van der Waals surface area (Å²) in [7, 11) is 0. The van der Waals surface area contributed by atoms with E-state index in [1.165, 1.54) is 12.3 Å². The van der Waals surface area contributed by atoms with Crippen molar-refractivity contribution >= 4 is 11.6 Å². The lowest BCUT2D eigenvalue weighted by molar-refractivity contribution is 0.506. The molecule has 18 heavy (non-hydrogen) atoms. The fraction of sp³-hybridized carbons (Fsp3) is 0.154. The first kappa shape index (κ1) is 12.9. The van der Waals surface area contributed by atoms with Gasteiger partial charge in [0.15, 0.2) is 11.6 Å². The van der Waals surface area contributed by atoms with Crippen molar-refractivity contribution in [3.8, 4) is 0 Å². The molecule has 0 saturated carbocycles. The molecule has 0 radical (unpaired) electrons. The minimum Gasteiger partial charge on any atom is -0.322 e. The Morgan fingerprint density at radius 2 is 1.94 bits per heavy atom. The summed E-state index contributed by atoms with van der Waals surface area (Å²) in [5, 5.41) is 0.527. The minimum atomic E-state index is -0.872. The highest BCUT2D eigenvalue weighted by Gasteiger charge is 2.10. The maximum absolute atomic E-state index is 13.0. The number of nitrogens with two attached hydrogens (primary N) is 1. The summed E-state index contributed by atoms with van der Waals surface area (Å²) in [5.74, 6) is -1.74. The second-order valence-corrected chi connectivity index (χ2v) is 4.40. The van der Waals surface area contributed by atoms with Gasteiger partial charge in [0.25, 0.3) is 0 Å². The Balaban J connectivity index is 2.13. The molecule has 0 saturated heterocycles. The molecule has 0 aliphatic rings. The van der Waals surface area contributed by atoms with E-state index in [9.17, 15) is 8.78 Å². The van der Waals surface area contributed by atoms with Gasteiger partial charge in [-0.25, -0.2) is 8.78 Å². The van der Waals surface area contributed by atoms with Gasteiger partial charge < -0.3 is 5.73 Å². The Morgan fingerprint density at radius 1 is 1.17 bits per heavy atom. The van der Waals surface area contributed by atoms with Crippen LogP contribution >= 0.6 is 11.6 Å². The van der Waals surface area contributed by atoms with Crippen molar-refractivity contribution in [2.75, 3.05) is 0 Å². The van der Waals surface area contributed by atoms with E-state index in [1.54, 1.807) is 12.1 Å². The van der Waals surface area contributed by atoms with Crippen LogP contribution in [0.2, 0.25) is 5.02 Å². The molecule has 1 aromatic heterocycles. The van der Waals surface area contributed by atoms with Gasteiger partial charge in [-0.2, -0.15) is 0 Å². The normalized spacial score (nSPS) is 12.4. The topological polar surface area (TPSA) is 38.9 Å². The van der Waals surface area contributed by atoms with E-state index in [4.69, 9.17) is 17.3 Å². The van der Waals surface area contributed by atoms with Crippen LogP contribution in [-0.4, -0.2) is 4.98 Å². The van der Waals surface area contributed by atoms with Gasteiger partial charge in [-0.15, -0.1) is 0 Å². The fourth-order valence-corrected chi connectivity index (χ4v) is 1.74. The van der Waals surface area contributed by atoms with Gasteiger partial charge in [0, 0.05) is 6.20 Å². The molecule has 1 atom stereocenters. The molecule has 0 bridgehead atoms. The average molecular weight is 269 g/mol. The second-order valence-electron chi connectivity index (χ2n) is 3.96. The lowest BCUT2D eigenvalue weighted by atomic mass is 10.0. The third kappa shape index (κ3) is 3.03. The molecule has 94 valence electrons. The van der Waals surface area contributed by atoms with Crippen LogP contribution in [0.3, 0.4) is 0 Å². The summed E-state index contributed by atoms with van der Waals surface area (Å²) >= 11 is 5.72. The lowest BCUT2D eigenvalue weighted by Crippen LogP contribution is -2.15. The molecule has 0 amide bonds. The first-order chi connectivity index (χ1) is 8.56. The molecular weight excluding hydrogens is 258 g/mol. The van der Waals surface area contributed by atoms with Gasteiger partial charge in [-0.3, -0.25) is 4.98 Å². The van der Waals surface area contributed by atoms with Crippen LogP contribution in [0.15, 0.2) is 36.5 Å². The van der Waals surface area contributed by atoms with Gasteiger partial charge in [0.1, 0.15) is 0 Å². The Kier molecular flexibility index (Phi) is 3.89. The standard InChI is InChI=1S/C13H11ClF2N2/c14-9-2-4-13(18-7-9)12(17)6-8-1-3-10(15)11(16)5-8/h1-5,7,12H,6,17H2. The smallest absolute Gasteiger partial charge is 0.159 e. The van der Waals surface area contributed by atoms with Crippen LogP contribution in [0.25, 0.3) is 0 Å². The quantitative estimate of drug-likeness (QED) is 0.928. The Hall–Kier alpha value is -1.52.